The lowest BCUT2D eigenvalue weighted by molar-refractivity contribution is -0.312. The molecular weight excluding hydrogens is 436 g/mol. The standard InChI is InChI=1S/C23H26O8S/c1-14-9-11-16(12-10-14)32(24,25)26-13-17-18-19(20-22(28-18)31-23(2,3)30-20)29-21(27-17)15-7-5-4-6-8-15/h4-12,17-22H,13H2,1-3H3. The monoisotopic (exact) mass is 462 g/mol. The van der Waals surface area contributed by atoms with E-state index in [1.54, 1.807) is 12.1 Å². The number of rotatable bonds is 5. The Kier molecular flexibility index (Phi) is 5.61. The molecule has 5 rings (SSSR count). The zero-order chi connectivity index (χ0) is 22.5. The molecule has 6 unspecified atom stereocenters. The highest BCUT2D eigenvalue weighted by Crippen LogP contribution is 2.45. The van der Waals surface area contributed by atoms with Gasteiger partial charge in [0, 0.05) is 5.56 Å². The van der Waals surface area contributed by atoms with Crippen LogP contribution in [0.4, 0.5) is 0 Å². The van der Waals surface area contributed by atoms with Crippen LogP contribution in [0.3, 0.4) is 0 Å². The number of aryl methyl sites for hydroxylation is 1. The maximum atomic E-state index is 12.7. The Bertz CT molecular complexity index is 1050. The Morgan fingerprint density at radius 2 is 1.59 bits per heavy atom. The molecule has 0 bridgehead atoms. The minimum absolute atomic E-state index is 0.0870. The highest BCUT2D eigenvalue weighted by molar-refractivity contribution is 7.86. The van der Waals surface area contributed by atoms with E-state index in [0.717, 1.165) is 11.1 Å². The molecule has 3 aliphatic heterocycles. The van der Waals surface area contributed by atoms with E-state index in [0.29, 0.717) is 0 Å². The van der Waals surface area contributed by atoms with Gasteiger partial charge in [0.25, 0.3) is 10.1 Å². The fourth-order valence-corrected chi connectivity index (χ4v) is 5.12. The van der Waals surface area contributed by atoms with Gasteiger partial charge in [-0.2, -0.15) is 8.42 Å². The van der Waals surface area contributed by atoms with Gasteiger partial charge in [-0.05, 0) is 32.9 Å². The summed E-state index contributed by atoms with van der Waals surface area (Å²) in [6.45, 7) is 5.28. The van der Waals surface area contributed by atoms with Crippen molar-refractivity contribution < 1.29 is 36.3 Å². The maximum absolute atomic E-state index is 12.7. The Balaban J connectivity index is 1.37. The van der Waals surface area contributed by atoms with Crippen LogP contribution >= 0.6 is 0 Å². The van der Waals surface area contributed by atoms with Crippen molar-refractivity contribution in [2.45, 2.75) is 68.4 Å². The van der Waals surface area contributed by atoms with Crippen LogP contribution in [0.1, 0.15) is 31.3 Å². The van der Waals surface area contributed by atoms with E-state index in [4.69, 9.17) is 27.9 Å². The zero-order valence-electron chi connectivity index (χ0n) is 18.0. The average Bonchev–Trinajstić information content (AvgIpc) is 3.25. The topological polar surface area (TPSA) is 89.5 Å². The number of benzene rings is 2. The van der Waals surface area contributed by atoms with Crippen LogP contribution in [0.2, 0.25) is 0 Å². The molecule has 0 N–H and O–H groups in total. The van der Waals surface area contributed by atoms with E-state index in [1.165, 1.54) is 12.1 Å². The van der Waals surface area contributed by atoms with Crippen LogP contribution in [0.5, 0.6) is 0 Å². The Morgan fingerprint density at radius 3 is 2.31 bits per heavy atom. The summed E-state index contributed by atoms with van der Waals surface area (Å²) < 4.78 is 61.0. The van der Waals surface area contributed by atoms with Crippen molar-refractivity contribution in [2.75, 3.05) is 6.61 Å². The lowest BCUT2D eigenvalue weighted by Crippen LogP contribution is -2.51. The normalized spacial score (nSPS) is 33.6. The SMILES string of the molecule is Cc1ccc(S(=O)(=O)OCC2OC(c3ccccc3)OC3C2OC2OC(C)(C)OC23)cc1. The molecule has 2 aromatic rings. The molecule has 32 heavy (non-hydrogen) atoms. The van der Waals surface area contributed by atoms with Crippen LogP contribution < -0.4 is 0 Å². The second-order valence-electron chi connectivity index (χ2n) is 8.64. The first-order valence-electron chi connectivity index (χ1n) is 10.5. The number of ether oxygens (including phenoxy) is 5. The molecule has 3 aliphatic rings. The molecule has 0 radical (unpaired) electrons. The molecule has 3 fully saturated rings. The van der Waals surface area contributed by atoms with Crippen LogP contribution in [-0.2, 0) is 38.0 Å². The van der Waals surface area contributed by atoms with Crippen molar-refractivity contribution in [3.63, 3.8) is 0 Å². The molecule has 9 heteroatoms. The second kappa shape index (κ2) is 8.18. The summed E-state index contributed by atoms with van der Waals surface area (Å²) >= 11 is 0. The van der Waals surface area contributed by atoms with Gasteiger partial charge in [0.15, 0.2) is 18.4 Å². The minimum Gasteiger partial charge on any atom is -0.341 e. The van der Waals surface area contributed by atoms with E-state index in [9.17, 15) is 8.42 Å². The minimum atomic E-state index is -3.96. The van der Waals surface area contributed by atoms with Crippen molar-refractivity contribution in [1.29, 1.82) is 0 Å². The van der Waals surface area contributed by atoms with Crippen molar-refractivity contribution >= 4 is 10.1 Å². The lowest BCUT2D eigenvalue weighted by atomic mass is 10.0. The smallest absolute Gasteiger partial charge is 0.297 e. The third-order valence-electron chi connectivity index (χ3n) is 5.74. The van der Waals surface area contributed by atoms with Gasteiger partial charge >= 0.3 is 0 Å². The van der Waals surface area contributed by atoms with Gasteiger partial charge in [-0.15, -0.1) is 0 Å². The summed E-state index contributed by atoms with van der Waals surface area (Å²) in [5.41, 5.74) is 1.76. The highest BCUT2D eigenvalue weighted by atomic mass is 32.2. The third-order valence-corrected chi connectivity index (χ3v) is 7.04. The van der Waals surface area contributed by atoms with Crippen LogP contribution in [-0.4, -0.2) is 51.5 Å². The van der Waals surface area contributed by atoms with E-state index >= 15 is 0 Å². The summed E-state index contributed by atoms with van der Waals surface area (Å²) in [6, 6.07) is 15.9. The van der Waals surface area contributed by atoms with Gasteiger partial charge < -0.3 is 23.7 Å². The summed E-state index contributed by atoms with van der Waals surface area (Å²) in [5.74, 6) is -0.801. The van der Waals surface area contributed by atoms with Crippen LogP contribution in [0.25, 0.3) is 0 Å². The summed E-state index contributed by atoms with van der Waals surface area (Å²) in [5, 5.41) is 0. The van der Waals surface area contributed by atoms with E-state index in [-0.39, 0.29) is 11.5 Å². The van der Waals surface area contributed by atoms with E-state index in [2.05, 4.69) is 0 Å². The predicted molar refractivity (Wildman–Crippen MR) is 112 cm³/mol. The van der Waals surface area contributed by atoms with Crippen LogP contribution in [0.15, 0.2) is 59.5 Å². The van der Waals surface area contributed by atoms with Gasteiger partial charge in [-0.25, -0.2) is 0 Å². The summed E-state index contributed by atoms with van der Waals surface area (Å²) in [6.07, 6.45) is -3.62. The maximum Gasteiger partial charge on any atom is 0.297 e. The quantitative estimate of drug-likeness (QED) is 0.627. The molecule has 0 amide bonds. The second-order valence-corrected chi connectivity index (χ2v) is 10.3. The first kappa shape index (κ1) is 22.0. The molecule has 6 atom stereocenters. The van der Waals surface area contributed by atoms with Crippen LogP contribution in [0, 0.1) is 6.92 Å². The van der Waals surface area contributed by atoms with Gasteiger partial charge in [0.05, 0.1) is 11.5 Å². The number of fused-ring (bicyclic) bond motifs is 3. The average molecular weight is 463 g/mol. The Morgan fingerprint density at radius 1 is 0.875 bits per heavy atom. The summed E-state index contributed by atoms with van der Waals surface area (Å²) in [4.78, 5) is 0.0870. The Hall–Kier alpha value is -1.85. The highest BCUT2D eigenvalue weighted by Gasteiger charge is 2.60. The van der Waals surface area contributed by atoms with Crippen molar-refractivity contribution in [1.82, 2.24) is 0 Å². The molecule has 2 aromatic carbocycles. The molecule has 3 saturated heterocycles. The Labute approximate surface area is 187 Å². The van der Waals surface area contributed by atoms with Gasteiger partial charge in [0.2, 0.25) is 0 Å². The van der Waals surface area contributed by atoms with Crippen molar-refractivity contribution in [3.8, 4) is 0 Å². The fourth-order valence-electron chi connectivity index (χ4n) is 4.20. The molecular formula is C23H26O8S. The van der Waals surface area contributed by atoms with E-state index < -0.39 is 52.9 Å². The van der Waals surface area contributed by atoms with Crippen molar-refractivity contribution in [2.24, 2.45) is 0 Å². The predicted octanol–water partition coefficient (Wildman–Crippen LogP) is 3.06. The lowest BCUT2D eigenvalue weighted by Gasteiger charge is -2.39. The van der Waals surface area contributed by atoms with E-state index in [1.807, 2.05) is 51.1 Å². The van der Waals surface area contributed by atoms with Gasteiger partial charge in [0.1, 0.15) is 24.4 Å². The third kappa shape index (κ3) is 4.22. The number of hydrogen-bond acceptors (Lipinski definition) is 8. The summed E-state index contributed by atoms with van der Waals surface area (Å²) in [7, 11) is -3.96. The van der Waals surface area contributed by atoms with Gasteiger partial charge in [-0.3, -0.25) is 4.18 Å². The largest absolute Gasteiger partial charge is 0.341 e. The van der Waals surface area contributed by atoms with Crippen molar-refractivity contribution in [3.05, 3.63) is 65.7 Å². The first-order valence-corrected chi connectivity index (χ1v) is 12.0. The molecule has 0 aromatic heterocycles. The molecule has 3 heterocycles. The zero-order valence-corrected chi connectivity index (χ0v) is 18.9. The fraction of sp³-hybridized carbons (Fsp3) is 0.478. The molecule has 172 valence electrons. The first-order chi connectivity index (χ1) is 15.2. The molecule has 8 nitrogen and oxygen atoms in total. The molecule has 0 spiro atoms. The number of hydrogen-bond donors (Lipinski definition) is 0. The van der Waals surface area contributed by atoms with Gasteiger partial charge in [-0.1, -0.05) is 48.0 Å². The molecule has 0 saturated carbocycles. The molecule has 0 aliphatic carbocycles.